The minimum Gasteiger partial charge on any atom is -0.371 e. The van der Waals surface area contributed by atoms with Gasteiger partial charge in [0.05, 0.1) is 5.52 Å². The summed E-state index contributed by atoms with van der Waals surface area (Å²) in [4.78, 5) is 4.25. The minimum absolute atomic E-state index is 0.0571. The van der Waals surface area contributed by atoms with Gasteiger partial charge in [-0.05, 0) is 18.1 Å². The molecule has 1 heterocycles. The van der Waals surface area contributed by atoms with Crippen LogP contribution in [0, 0.1) is 5.92 Å². The fraction of sp³-hybridized carbons (Fsp3) is 0.308. The third kappa shape index (κ3) is 1.68. The molecule has 0 radical (unpaired) electrons. The molecule has 0 aliphatic rings. The summed E-state index contributed by atoms with van der Waals surface area (Å²) in [7, 11) is 0. The summed E-state index contributed by atoms with van der Waals surface area (Å²) in [6.45, 7) is 3.80. The smallest absolute Gasteiger partial charge is 0.142 e. The number of nitrogens with two attached hydrogens (primary N) is 1. The summed E-state index contributed by atoms with van der Waals surface area (Å²) >= 11 is 0. The molecule has 3 N–H and O–H groups in total. The topological polar surface area (TPSA) is 59.1 Å². The number of hydrogen-bond donors (Lipinski definition) is 2. The van der Waals surface area contributed by atoms with E-state index in [0.29, 0.717) is 0 Å². The Morgan fingerprint density at radius 2 is 1.94 bits per heavy atom. The third-order valence-corrected chi connectivity index (χ3v) is 2.96. The Morgan fingerprint density at radius 1 is 1.25 bits per heavy atom. The molecule has 2 rings (SSSR count). The molecule has 0 aliphatic carbocycles. The molecule has 1 atom stereocenters. The van der Waals surface area contributed by atoms with Crippen LogP contribution in [0.4, 0.5) is 0 Å². The van der Waals surface area contributed by atoms with Gasteiger partial charge in [-0.15, -0.1) is 0 Å². The summed E-state index contributed by atoms with van der Waals surface area (Å²) < 4.78 is 0. The molecule has 0 aliphatic heterocycles. The van der Waals surface area contributed by atoms with Crippen molar-refractivity contribution in [3.8, 4) is 0 Å². The van der Waals surface area contributed by atoms with Crippen LogP contribution in [0.25, 0.3) is 10.9 Å². The molecule has 3 nitrogen and oxygen atoms in total. The van der Waals surface area contributed by atoms with Crippen LogP contribution in [0.5, 0.6) is 0 Å². The van der Waals surface area contributed by atoms with E-state index in [-0.39, 0.29) is 5.92 Å². The number of aromatic nitrogens is 1. The molecule has 0 saturated heterocycles. The van der Waals surface area contributed by atoms with E-state index in [4.69, 9.17) is 5.73 Å². The first-order valence-electron chi connectivity index (χ1n) is 5.39. The van der Waals surface area contributed by atoms with Gasteiger partial charge in [0.15, 0.2) is 0 Å². The van der Waals surface area contributed by atoms with Gasteiger partial charge in [-0.25, -0.2) is 0 Å². The fourth-order valence-electron chi connectivity index (χ4n) is 1.76. The molecule has 0 spiro atoms. The van der Waals surface area contributed by atoms with E-state index in [9.17, 15) is 5.11 Å². The number of nitrogens with zero attached hydrogens (tertiary/aromatic N) is 1. The highest BCUT2D eigenvalue weighted by atomic mass is 16.3. The van der Waals surface area contributed by atoms with Crippen molar-refractivity contribution in [2.24, 2.45) is 11.7 Å². The number of rotatable bonds is 2. The number of hydrogen-bond acceptors (Lipinski definition) is 3. The first-order valence-corrected chi connectivity index (χ1v) is 5.39. The van der Waals surface area contributed by atoms with Crippen LogP contribution in [-0.4, -0.2) is 10.1 Å². The molecule has 0 saturated carbocycles. The zero-order chi connectivity index (χ0) is 11.8. The second-order valence-corrected chi connectivity index (χ2v) is 4.36. The Balaban J connectivity index is 2.70. The van der Waals surface area contributed by atoms with Gasteiger partial charge in [0.2, 0.25) is 0 Å². The molecule has 1 aromatic carbocycles. The third-order valence-electron chi connectivity index (χ3n) is 2.96. The molecule has 0 bridgehead atoms. The van der Waals surface area contributed by atoms with Crippen LogP contribution in [-0.2, 0) is 5.72 Å². The zero-order valence-corrected chi connectivity index (χ0v) is 9.51. The van der Waals surface area contributed by atoms with Crippen LogP contribution < -0.4 is 5.73 Å². The number of benzene rings is 1. The Morgan fingerprint density at radius 3 is 2.62 bits per heavy atom. The highest BCUT2D eigenvalue weighted by Gasteiger charge is 2.29. The molecule has 3 heteroatoms. The maximum atomic E-state index is 10.3. The Labute approximate surface area is 94.9 Å². The van der Waals surface area contributed by atoms with E-state index in [1.807, 2.05) is 38.1 Å². The normalized spacial score (nSPS) is 15.3. The molecule has 0 amide bonds. The maximum absolute atomic E-state index is 10.3. The predicted octanol–water partition coefficient (Wildman–Crippen LogP) is 1.99. The van der Waals surface area contributed by atoms with Crippen molar-refractivity contribution in [1.82, 2.24) is 4.98 Å². The molecule has 0 fully saturated rings. The molecule has 84 valence electrons. The largest absolute Gasteiger partial charge is 0.371 e. The van der Waals surface area contributed by atoms with Crippen LogP contribution >= 0.6 is 0 Å². The van der Waals surface area contributed by atoms with Gasteiger partial charge in [0, 0.05) is 17.1 Å². The predicted molar refractivity (Wildman–Crippen MR) is 64.7 cm³/mol. The molecular weight excluding hydrogens is 200 g/mol. The van der Waals surface area contributed by atoms with Crippen LogP contribution in [0.1, 0.15) is 19.4 Å². The van der Waals surface area contributed by atoms with Crippen molar-refractivity contribution in [3.05, 3.63) is 42.1 Å². The van der Waals surface area contributed by atoms with Crippen molar-refractivity contribution in [1.29, 1.82) is 0 Å². The molecule has 16 heavy (non-hydrogen) atoms. The van der Waals surface area contributed by atoms with Gasteiger partial charge in [-0.3, -0.25) is 10.7 Å². The lowest BCUT2D eigenvalue weighted by atomic mass is 9.90. The van der Waals surface area contributed by atoms with E-state index >= 15 is 0 Å². The lowest BCUT2D eigenvalue weighted by Gasteiger charge is -2.28. The van der Waals surface area contributed by atoms with Crippen LogP contribution in [0.2, 0.25) is 0 Å². The van der Waals surface area contributed by atoms with Gasteiger partial charge >= 0.3 is 0 Å². The number of fused-ring (bicyclic) bond motifs is 1. The summed E-state index contributed by atoms with van der Waals surface area (Å²) in [6.07, 6.45) is 1.68. The quantitative estimate of drug-likeness (QED) is 0.755. The number of para-hydroxylation sites is 1. The van der Waals surface area contributed by atoms with Crippen LogP contribution in [0.15, 0.2) is 36.5 Å². The Kier molecular flexibility index (Phi) is 2.66. The molecule has 1 aromatic heterocycles. The Hall–Kier alpha value is -1.45. The lowest BCUT2D eigenvalue weighted by molar-refractivity contribution is -0.00256. The fourth-order valence-corrected chi connectivity index (χ4v) is 1.76. The van der Waals surface area contributed by atoms with Gasteiger partial charge in [0.25, 0.3) is 0 Å². The monoisotopic (exact) mass is 216 g/mol. The number of pyridine rings is 1. The van der Waals surface area contributed by atoms with Crippen molar-refractivity contribution in [2.75, 3.05) is 0 Å². The highest BCUT2D eigenvalue weighted by Crippen LogP contribution is 2.29. The van der Waals surface area contributed by atoms with Crippen LogP contribution in [0.3, 0.4) is 0 Å². The summed E-state index contributed by atoms with van der Waals surface area (Å²) in [5.41, 5.74) is 6.24. The second kappa shape index (κ2) is 3.85. The average Bonchev–Trinajstić information content (AvgIpc) is 2.28. The van der Waals surface area contributed by atoms with Gasteiger partial charge in [0.1, 0.15) is 5.72 Å². The highest BCUT2D eigenvalue weighted by molar-refractivity contribution is 5.82. The summed E-state index contributed by atoms with van der Waals surface area (Å²) in [5.74, 6) is -0.0571. The van der Waals surface area contributed by atoms with E-state index in [1.54, 1.807) is 12.3 Å². The van der Waals surface area contributed by atoms with E-state index < -0.39 is 5.72 Å². The number of aliphatic hydroxyl groups is 1. The van der Waals surface area contributed by atoms with E-state index in [0.717, 1.165) is 16.5 Å². The van der Waals surface area contributed by atoms with Gasteiger partial charge in [-0.1, -0.05) is 32.0 Å². The van der Waals surface area contributed by atoms with E-state index in [1.165, 1.54) is 0 Å². The van der Waals surface area contributed by atoms with Crippen molar-refractivity contribution in [3.63, 3.8) is 0 Å². The first kappa shape index (κ1) is 11.0. The minimum atomic E-state index is -1.32. The Bertz CT molecular complexity index is 501. The SMILES string of the molecule is CC(C)C(N)(O)c1ccnc2ccccc12. The average molecular weight is 216 g/mol. The first-order chi connectivity index (χ1) is 7.53. The van der Waals surface area contributed by atoms with Crippen molar-refractivity contribution >= 4 is 10.9 Å². The zero-order valence-electron chi connectivity index (χ0n) is 9.51. The van der Waals surface area contributed by atoms with Crippen molar-refractivity contribution < 1.29 is 5.11 Å². The van der Waals surface area contributed by atoms with Gasteiger partial charge in [-0.2, -0.15) is 0 Å². The molecule has 1 unspecified atom stereocenters. The molecule has 2 aromatic rings. The van der Waals surface area contributed by atoms with Crippen molar-refractivity contribution in [2.45, 2.75) is 19.6 Å². The summed E-state index contributed by atoms with van der Waals surface area (Å²) in [5, 5.41) is 11.2. The summed E-state index contributed by atoms with van der Waals surface area (Å²) in [6, 6.07) is 9.46. The van der Waals surface area contributed by atoms with E-state index in [2.05, 4.69) is 4.98 Å². The second-order valence-electron chi connectivity index (χ2n) is 4.36. The van der Waals surface area contributed by atoms with Gasteiger partial charge < -0.3 is 5.11 Å². The molecular formula is C13H16N2O. The lowest BCUT2D eigenvalue weighted by Crippen LogP contribution is -2.41. The maximum Gasteiger partial charge on any atom is 0.142 e. The standard InChI is InChI=1S/C13H16N2O/c1-9(2)13(14,16)11-7-8-15-12-6-4-3-5-10(11)12/h3-9,16H,14H2,1-2H3.